The highest BCUT2D eigenvalue weighted by Crippen LogP contribution is 2.29. The number of aliphatic hydroxyl groups is 1. The average Bonchev–Trinajstić information content (AvgIpc) is 2.71. The molecule has 2 aromatic carbocycles. The van der Waals surface area contributed by atoms with Crippen LogP contribution in [0, 0.1) is 0 Å². The Hall–Kier alpha value is -2.68. The topological polar surface area (TPSA) is 64.4 Å². The highest BCUT2D eigenvalue weighted by molar-refractivity contribution is 6.31. The number of aliphatic hydroxyl groups excluding tert-OH is 1. The number of ether oxygens (including phenoxy) is 1. The summed E-state index contributed by atoms with van der Waals surface area (Å²) in [6.45, 7) is -0.557. The Balaban J connectivity index is 1.78. The lowest BCUT2D eigenvalue weighted by Crippen LogP contribution is -2.35. The molecule has 158 valence electrons. The first kappa shape index (κ1) is 22.0. The van der Waals surface area contributed by atoms with Gasteiger partial charge in [0.2, 0.25) is 0 Å². The van der Waals surface area contributed by atoms with Gasteiger partial charge in [-0.25, -0.2) is 4.68 Å². The molecule has 30 heavy (non-hydrogen) atoms. The Morgan fingerprint density at radius 2 is 1.77 bits per heavy atom. The number of aromatic nitrogens is 2. The third-order valence-electron chi connectivity index (χ3n) is 4.26. The number of hydrogen-bond acceptors (Lipinski definition) is 4. The first-order valence-corrected chi connectivity index (χ1v) is 9.37. The van der Waals surface area contributed by atoms with Crippen molar-refractivity contribution in [2.24, 2.45) is 0 Å². The minimum absolute atomic E-state index is 0.0216. The van der Waals surface area contributed by atoms with E-state index in [1.807, 2.05) is 0 Å². The maximum absolute atomic E-state index is 13.3. The van der Waals surface area contributed by atoms with Crippen LogP contribution in [-0.4, -0.2) is 27.6 Å². The molecule has 0 bridgehead atoms. The summed E-state index contributed by atoms with van der Waals surface area (Å²) >= 11 is 6.02. The SMILES string of the molecule is O=c1c(C(F)(F)F)cc(-c2ccccc2)nn1CC(O)COCc1ccccc1Cl. The second-order valence-corrected chi connectivity index (χ2v) is 6.96. The van der Waals surface area contributed by atoms with Gasteiger partial charge in [-0.3, -0.25) is 4.79 Å². The van der Waals surface area contributed by atoms with Gasteiger partial charge >= 0.3 is 6.18 Å². The van der Waals surface area contributed by atoms with Crippen LogP contribution < -0.4 is 5.56 Å². The van der Waals surface area contributed by atoms with Crippen molar-refractivity contribution < 1.29 is 23.0 Å². The zero-order valence-corrected chi connectivity index (χ0v) is 16.4. The van der Waals surface area contributed by atoms with Gasteiger partial charge in [-0.15, -0.1) is 0 Å². The molecule has 1 atom stereocenters. The summed E-state index contributed by atoms with van der Waals surface area (Å²) in [7, 11) is 0. The van der Waals surface area contributed by atoms with Gasteiger partial charge in [0.25, 0.3) is 5.56 Å². The molecule has 0 fully saturated rings. The van der Waals surface area contributed by atoms with Gasteiger partial charge in [0.15, 0.2) is 0 Å². The number of hydrogen-bond donors (Lipinski definition) is 1. The molecule has 0 aliphatic rings. The van der Waals surface area contributed by atoms with Crippen LogP contribution >= 0.6 is 11.6 Å². The molecule has 0 saturated carbocycles. The molecular formula is C21H18ClF3N2O3. The van der Waals surface area contributed by atoms with Gasteiger partial charge in [0, 0.05) is 10.6 Å². The van der Waals surface area contributed by atoms with E-state index in [-0.39, 0.29) is 18.9 Å². The third-order valence-corrected chi connectivity index (χ3v) is 4.63. The Bertz CT molecular complexity index is 1060. The average molecular weight is 439 g/mol. The molecule has 3 aromatic rings. The minimum atomic E-state index is -4.85. The van der Waals surface area contributed by atoms with Gasteiger partial charge in [0.05, 0.1) is 31.6 Å². The second kappa shape index (κ2) is 9.42. The van der Waals surface area contributed by atoms with E-state index in [4.69, 9.17) is 16.3 Å². The molecule has 0 saturated heterocycles. The molecule has 1 heterocycles. The largest absolute Gasteiger partial charge is 0.421 e. The fraction of sp³-hybridized carbons (Fsp3) is 0.238. The van der Waals surface area contributed by atoms with E-state index < -0.39 is 29.9 Å². The molecule has 0 aliphatic heterocycles. The van der Waals surface area contributed by atoms with E-state index >= 15 is 0 Å². The standard InChI is InChI=1S/C21H18ClF3N2O3/c22-18-9-5-4-8-15(18)12-30-13-16(28)11-27-20(29)17(21(23,24)25)10-19(26-27)14-6-2-1-3-7-14/h1-10,16,28H,11-13H2. The summed E-state index contributed by atoms with van der Waals surface area (Å²) in [5.74, 6) is 0. The maximum atomic E-state index is 13.3. The van der Waals surface area contributed by atoms with Gasteiger partial charge < -0.3 is 9.84 Å². The van der Waals surface area contributed by atoms with Crippen molar-refractivity contribution in [1.29, 1.82) is 0 Å². The van der Waals surface area contributed by atoms with Crippen LogP contribution in [0.15, 0.2) is 65.5 Å². The van der Waals surface area contributed by atoms with Crippen LogP contribution in [-0.2, 0) is 24.1 Å². The van der Waals surface area contributed by atoms with Gasteiger partial charge in [-0.1, -0.05) is 60.1 Å². The lowest BCUT2D eigenvalue weighted by Gasteiger charge is -2.16. The van der Waals surface area contributed by atoms with Crippen LogP contribution in [0.25, 0.3) is 11.3 Å². The lowest BCUT2D eigenvalue weighted by atomic mass is 10.1. The first-order chi connectivity index (χ1) is 14.3. The Kier molecular flexibility index (Phi) is 6.91. The molecule has 0 amide bonds. The van der Waals surface area contributed by atoms with Crippen LogP contribution in [0.3, 0.4) is 0 Å². The fourth-order valence-electron chi connectivity index (χ4n) is 2.79. The normalized spacial score (nSPS) is 12.7. The highest BCUT2D eigenvalue weighted by Gasteiger charge is 2.35. The van der Waals surface area contributed by atoms with Crippen LogP contribution in [0.4, 0.5) is 13.2 Å². The molecule has 0 spiro atoms. The Morgan fingerprint density at radius 3 is 2.43 bits per heavy atom. The summed E-state index contributed by atoms with van der Waals surface area (Å²) < 4.78 is 46.1. The predicted octanol–water partition coefficient (Wildman–Crippen LogP) is 4.16. The zero-order chi connectivity index (χ0) is 21.7. The number of nitrogens with zero attached hydrogens (tertiary/aromatic N) is 2. The van der Waals surface area contributed by atoms with Crippen LogP contribution in [0.1, 0.15) is 11.1 Å². The van der Waals surface area contributed by atoms with Crippen molar-refractivity contribution in [1.82, 2.24) is 9.78 Å². The molecule has 9 heteroatoms. The summed E-state index contributed by atoms with van der Waals surface area (Å²) in [4.78, 5) is 12.3. The van der Waals surface area contributed by atoms with E-state index in [0.29, 0.717) is 26.9 Å². The van der Waals surface area contributed by atoms with Gasteiger partial charge in [-0.2, -0.15) is 18.3 Å². The Labute approximate surface area is 175 Å². The van der Waals surface area contributed by atoms with Crippen molar-refractivity contribution >= 4 is 11.6 Å². The van der Waals surface area contributed by atoms with E-state index in [1.165, 1.54) is 0 Å². The molecule has 5 nitrogen and oxygen atoms in total. The molecule has 0 aliphatic carbocycles. The maximum Gasteiger partial charge on any atom is 0.421 e. The van der Waals surface area contributed by atoms with Gasteiger partial charge in [-0.05, 0) is 17.7 Å². The fourth-order valence-corrected chi connectivity index (χ4v) is 2.98. The summed E-state index contributed by atoms with van der Waals surface area (Å²) in [5.41, 5.74) is -1.58. The number of alkyl halides is 3. The highest BCUT2D eigenvalue weighted by atomic mass is 35.5. The second-order valence-electron chi connectivity index (χ2n) is 6.55. The van der Waals surface area contributed by atoms with Crippen LogP contribution in [0.5, 0.6) is 0 Å². The summed E-state index contributed by atoms with van der Waals surface area (Å²) in [6.07, 6.45) is -6.10. The molecule has 1 unspecified atom stereocenters. The minimum Gasteiger partial charge on any atom is -0.389 e. The number of rotatable bonds is 7. The monoisotopic (exact) mass is 438 g/mol. The van der Waals surface area contributed by atoms with Crippen LogP contribution in [0.2, 0.25) is 5.02 Å². The van der Waals surface area contributed by atoms with E-state index in [1.54, 1.807) is 54.6 Å². The molecule has 1 aromatic heterocycles. The third kappa shape index (κ3) is 5.47. The van der Waals surface area contributed by atoms with Crippen molar-refractivity contribution in [2.75, 3.05) is 6.61 Å². The summed E-state index contributed by atoms with van der Waals surface area (Å²) in [5, 5.41) is 14.7. The lowest BCUT2D eigenvalue weighted by molar-refractivity contribution is -0.139. The smallest absolute Gasteiger partial charge is 0.389 e. The van der Waals surface area contributed by atoms with Crippen molar-refractivity contribution in [3.8, 4) is 11.3 Å². The van der Waals surface area contributed by atoms with E-state index in [2.05, 4.69) is 5.10 Å². The molecule has 0 radical (unpaired) electrons. The van der Waals surface area contributed by atoms with E-state index in [9.17, 15) is 23.1 Å². The van der Waals surface area contributed by atoms with Crippen molar-refractivity contribution in [3.05, 3.63) is 87.2 Å². The van der Waals surface area contributed by atoms with Crippen molar-refractivity contribution in [3.63, 3.8) is 0 Å². The predicted molar refractivity (Wildman–Crippen MR) is 106 cm³/mol. The number of halogens is 4. The zero-order valence-electron chi connectivity index (χ0n) is 15.6. The molecular weight excluding hydrogens is 421 g/mol. The van der Waals surface area contributed by atoms with Gasteiger partial charge in [0.1, 0.15) is 5.56 Å². The number of benzene rings is 2. The van der Waals surface area contributed by atoms with E-state index in [0.717, 1.165) is 0 Å². The molecule has 3 rings (SSSR count). The first-order valence-electron chi connectivity index (χ1n) is 8.99. The van der Waals surface area contributed by atoms with Crippen molar-refractivity contribution in [2.45, 2.75) is 25.4 Å². The summed E-state index contributed by atoms with van der Waals surface area (Å²) in [6, 6.07) is 15.9. The Morgan fingerprint density at radius 1 is 1.10 bits per heavy atom. The molecule has 1 N–H and O–H groups in total. The quantitative estimate of drug-likeness (QED) is 0.601.